The van der Waals surface area contributed by atoms with Crippen LogP contribution in [0.4, 0.5) is 4.39 Å². The number of ether oxygens (including phenoxy) is 1. The summed E-state index contributed by atoms with van der Waals surface area (Å²) in [6.07, 6.45) is -0.0432. The number of hydrogen-bond donors (Lipinski definition) is 1. The molecule has 0 fully saturated rings. The van der Waals surface area contributed by atoms with Gasteiger partial charge in [0.05, 0.1) is 17.6 Å². The first-order valence-corrected chi connectivity index (χ1v) is 9.23. The Morgan fingerprint density at radius 2 is 1.64 bits per heavy atom. The van der Waals surface area contributed by atoms with Gasteiger partial charge in [-0.2, -0.15) is 0 Å². The number of benzene rings is 3. The Morgan fingerprint density at radius 1 is 0.929 bits per heavy atom. The third kappa shape index (κ3) is 4.21. The molecule has 1 aromatic heterocycles. The van der Waals surface area contributed by atoms with Crippen LogP contribution in [-0.4, -0.2) is 27.4 Å². The first kappa shape index (κ1) is 18.2. The highest BCUT2D eigenvalue weighted by molar-refractivity contribution is 5.76. The van der Waals surface area contributed by atoms with E-state index in [2.05, 4.69) is 12.1 Å². The van der Waals surface area contributed by atoms with E-state index in [1.807, 2.05) is 47.0 Å². The molecule has 3 aromatic carbocycles. The summed E-state index contributed by atoms with van der Waals surface area (Å²) in [6.45, 7) is 0.479. The average molecular weight is 376 g/mol. The maximum atomic E-state index is 13.0. The van der Waals surface area contributed by atoms with E-state index in [9.17, 15) is 9.50 Å². The summed E-state index contributed by atoms with van der Waals surface area (Å²) in [5.41, 5.74) is 3.05. The molecule has 0 amide bonds. The fraction of sp³-hybridized carbons (Fsp3) is 0.174. The third-order valence-corrected chi connectivity index (χ3v) is 4.59. The molecule has 4 rings (SSSR count). The highest BCUT2D eigenvalue weighted by Gasteiger charge is 2.15. The number of halogens is 1. The van der Waals surface area contributed by atoms with Gasteiger partial charge in [0.15, 0.2) is 0 Å². The molecule has 0 spiro atoms. The molecule has 1 atom stereocenters. The molecular weight excluding hydrogens is 355 g/mol. The Bertz CT molecular complexity index is 1050. The number of aromatic nitrogens is 2. The van der Waals surface area contributed by atoms with Crippen LogP contribution in [0.2, 0.25) is 0 Å². The fourth-order valence-corrected chi connectivity index (χ4v) is 3.23. The average Bonchev–Trinajstić information content (AvgIpc) is 3.05. The number of imidazole rings is 1. The van der Waals surface area contributed by atoms with E-state index in [0.29, 0.717) is 18.7 Å². The van der Waals surface area contributed by atoms with Crippen molar-refractivity contribution in [3.05, 3.63) is 96.1 Å². The molecule has 1 N–H and O–H groups in total. The van der Waals surface area contributed by atoms with Crippen LogP contribution >= 0.6 is 0 Å². The lowest BCUT2D eigenvalue weighted by Gasteiger charge is -2.16. The Balaban J connectivity index is 1.52. The zero-order valence-electron chi connectivity index (χ0n) is 15.3. The summed E-state index contributed by atoms with van der Waals surface area (Å²) in [7, 11) is 0. The van der Waals surface area contributed by atoms with Crippen LogP contribution in [0.3, 0.4) is 0 Å². The standard InChI is InChI=1S/C23H21FN2O2/c24-18-10-12-20(13-11-18)28-16-19(27)15-26-22-9-5-4-8-21(22)25-23(26)14-17-6-2-1-3-7-17/h1-13,19,27H,14-16H2. The minimum Gasteiger partial charge on any atom is -0.491 e. The highest BCUT2D eigenvalue weighted by atomic mass is 19.1. The van der Waals surface area contributed by atoms with Crippen molar-refractivity contribution in [1.82, 2.24) is 9.55 Å². The van der Waals surface area contributed by atoms with Crippen molar-refractivity contribution >= 4 is 11.0 Å². The summed E-state index contributed by atoms with van der Waals surface area (Å²) in [6, 6.07) is 23.8. The van der Waals surface area contributed by atoms with Gasteiger partial charge in [-0.25, -0.2) is 9.37 Å². The topological polar surface area (TPSA) is 47.3 Å². The maximum absolute atomic E-state index is 13.0. The van der Waals surface area contributed by atoms with Crippen molar-refractivity contribution in [1.29, 1.82) is 0 Å². The quantitative estimate of drug-likeness (QED) is 0.526. The summed E-state index contributed by atoms with van der Waals surface area (Å²) in [4.78, 5) is 4.76. The van der Waals surface area contributed by atoms with E-state index in [1.54, 1.807) is 12.1 Å². The second-order valence-corrected chi connectivity index (χ2v) is 6.71. The summed E-state index contributed by atoms with van der Waals surface area (Å²) < 4.78 is 20.6. The van der Waals surface area contributed by atoms with Crippen molar-refractivity contribution in [2.24, 2.45) is 0 Å². The number of rotatable bonds is 7. The maximum Gasteiger partial charge on any atom is 0.123 e. The van der Waals surface area contributed by atoms with Gasteiger partial charge < -0.3 is 14.4 Å². The van der Waals surface area contributed by atoms with E-state index in [-0.39, 0.29) is 12.4 Å². The lowest BCUT2D eigenvalue weighted by molar-refractivity contribution is 0.0927. The first-order chi connectivity index (χ1) is 13.7. The van der Waals surface area contributed by atoms with Gasteiger partial charge in [-0.1, -0.05) is 42.5 Å². The smallest absolute Gasteiger partial charge is 0.123 e. The van der Waals surface area contributed by atoms with Crippen LogP contribution in [-0.2, 0) is 13.0 Å². The van der Waals surface area contributed by atoms with Crippen molar-refractivity contribution in [3.8, 4) is 5.75 Å². The molecule has 5 heteroatoms. The largest absolute Gasteiger partial charge is 0.491 e. The first-order valence-electron chi connectivity index (χ1n) is 9.23. The van der Waals surface area contributed by atoms with Crippen LogP contribution in [0, 0.1) is 5.82 Å². The number of aliphatic hydroxyl groups excluding tert-OH is 1. The molecule has 0 aliphatic carbocycles. The predicted molar refractivity (Wildman–Crippen MR) is 107 cm³/mol. The van der Waals surface area contributed by atoms with Crippen molar-refractivity contribution < 1.29 is 14.2 Å². The van der Waals surface area contributed by atoms with Gasteiger partial charge in [-0.15, -0.1) is 0 Å². The number of hydrogen-bond acceptors (Lipinski definition) is 3. The number of aliphatic hydroxyl groups is 1. The van der Waals surface area contributed by atoms with Crippen molar-refractivity contribution in [3.63, 3.8) is 0 Å². The normalized spacial score (nSPS) is 12.2. The van der Waals surface area contributed by atoms with Crippen LogP contribution in [0.25, 0.3) is 11.0 Å². The summed E-state index contributed by atoms with van der Waals surface area (Å²) in [5, 5.41) is 10.5. The fourth-order valence-electron chi connectivity index (χ4n) is 3.23. The molecule has 0 saturated heterocycles. The van der Waals surface area contributed by atoms with Crippen LogP contribution in [0.1, 0.15) is 11.4 Å². The Labute approximate surface area is 162 Å². The molecule has 0 aliphatic rings. The molecule has 1 heterocycles. The van der Waals surface area contributed by atoms with Gasteiger partial charge in [0.2, 0.25) is 0 Å². The van der Waals surface area contributed by atoms with Crippen molar-refractivity contribution in [2.75, 3.05) is 6.61 Å². The van der Waals surface area contributed by atoms with Gasteiger partial charge in [-0.3, -0.25) is 0 Å². The number of nitrogens with zero attached hydrogens (tertiary/aromatic N) is 2. The molecule has 142 valence electrons. The molecule has 0 saturated carbocycles. The minimum absolute atomic E-state index is 0.114. The van der Waals surface area contributed by atoms with Gasteiger partial charge in [0.25, 0.3) is 0 Å². The lowest BCUT2D eigenvalue weighted by Crippen LogP contribution is -2.24. The molecule has 4 nitrogen and oxygen atoms in total. The predicted octanol–water partition coefficient (Wildman–Crippen LogP) is 4.21. The Morgan fingerprint density at radius 3 is 2.43 bits per heavy atom. The second kappa shape index (κ2) is 8.23. The van der Waals surface area contributed by atoms with E-state index in [4.69, 9.17) is 9.72 Å². The van der Waals surface area contributed by atoms with E-state index >= 15 is 0 Å². The molecule has 0 aliphatic heterocycles. The van der Waals surface area contributed by atoms with Gasteiger partial charge in [-0.05, 0) is 42.0 Å². The zero-order valence-corrected chi connectivity index (χ0v) is 15.3. The van der Waals surface area contributed by atoms with E-state index < -0.39 is 6.10 Å². The second-order valence-electron chi connectivity index (χ2n) is 6.71. The number of fused-ring (bicyclic) bond motifs is 1. The Kier molecular flexibility index (Phi) is 5.35. The molecule has 4 aromatic rings. The number of para-hydroxylation sites is 2. The molecule has 0 bridgehead atoms. The highest BCUT2D eigenvalue weighted by Crippen LogP contribution is 2.19. The van der Waals surface area contributed by atoms with Crippen LogP contribution < -0.4 is 4.74 Å². The molecule has 1 unspecified atom stereocenters. The SMILES string of the molecule is OC(COc1ccc(F)cc1)Cn1c(Cc2ccccc2)nc2ccccc21. The minimum atomic E-state index is -0.725. The molecular formula is C23H21FN2O2. The van der Waals surface area contributed by atoms with E-state index in [1.165, 1.54) is 12.1 Å². The summed E-state index contributed by atoms with van der Waals surface area (Å²) in [5.74, 6) is 1.11. The zero-order chi connectivity index (χ0) is 19.3. The van der Waals surface area contributed by atoms with Gasteiger partial charge >= 0.3 is 0 Å². The molecule has 28 heavy (non-hydrogen) atoms. The Hall–Kier alpha value is -3.18. The third-order valence-electron chi connectivity index (χ3n) is 4.59. The monoisotopic (exact) mass is 376 g/mol. The van der Waals surface area contributed by atoms with Gasteiger partial charge in [0.1, 0.15) is 30.1 Å². The van der Waals surface area contributed by atoms with Crippen LogP contribution in [0.5, 0.6) is 5.75 Å². The van der Waals surface area contributed by atoms with Crippen LogP contribution in [0.15, 0.2) is 78.9 Å². The summed E-state index contributed by atoms with van der Waals surface area (Å²) >= 11 is 0. The molecule has 0 radical (unpaired) electrons. The van der Waals surface area contributed by atoms with Gasteiger partial charge in [0, 0.05) is 6.42 Å². The lowest BCUT2D eigenvalue weighted by atomic mass is 10.1. The van der Waals surface area contributed by atoms with E-state index in [0.717, 1.165) is 22.4 Å². The van der Waals surface area contributed by atoms with Crippen molar-refractivity contribution in [2.45, 2.75) is 19.1 Å².